The molecule has 5 nitrogen and oxygen atoms in total. The normalized spacial score (nSPS) is 10.4. The number of hydrogen-bond donors (Lipinski definition) is 1. The smallest absolute Gasteiger partial charge is 0.349 e. The number of nitrogens with one attached hydrogen (secondary N) is 1. The molecule has 1 amide bonds. The Kier molecular flexibility index (Phi) is 7.33. The number of rotatable bonds is 7. The topological polar surface area (TPSA) is 64.6 Å². The summed E-state index contributed by atoms with van der Waals surface area (Å²) in [5.41, 5.74) is 1.97. The maximum absolute atomic E-state index is 12.4. The van der Waals surface area contributed by atoms with Gasteiger partial charge in [-0.3, -0.25) is 4.79 Å². The summed E-state index contributed by atoms with van der Waals surface area (Å²) < 4.78 is 10.7. The molecule has 0 spiro atoms. The lowest BCUT2D eigenvalue weighted by molar-refractivity contribution is -0.136. The first-order valence-electron chi connectivity index (χ1n) is 9.23. The maximum Gasteiger partial charge on any atom is 0.349 e. The van der Waals surface area contributed by atoms with Crippen LogP contribution in [0.25, 0.3) is 0 Å². The van der Waals surface area contributed by atoms with Crippen LogP contribution in [0.1, 0.15) is 22.8 Å². The average molecular weight is 444 g/mol. The highest BCUT2D eigenvalue weighted by atomic mass is 35.5. The molecule has 3 rings (SSSR count). The lowest BCUT2D eigenvalue weighted by Crippen LogP contribution is -2.18. The highest BCUT2D eigenvalue weighted by molar-refractivity contribution is 6.35. The lowest BCUT2D eigenvalue weighted by atomic mass is 10.2. The molecule has 3 aromatic rings. The van der Waals surface area contributed by atoms with Crippen LogP contribution in [0.4, 0.5) is 5.69 Å². The van der Waals surface area contributed by atoms with E-state index in [1.54, 1.807) is 30.3 Å². The average Bonchev–Trinajstić information content (AvgIpc) is 2.75. The van der Waals surface area contributed by atoms with E-state index in [9.17, 15) is 9.59 Å². The molecule has 0 radical (unpaired) electrons. The summed E-state index contributed by atoms with van der Waals surface area (Å²) >= 11 is 12.0. The van der Waals surface area contributed by atoms with Crippen LogP contribution in [0.5, 0.6) is 11.5 Å². The molecule has 0 heterocycles. The van der Waals surface area contributed by atoms with Crippen molar-refractivity contribution in [2.45, 2.75) is 13.3 Å². The molecule has 0 saturated heterocycles. The van der Waals surface area contributed by atoms with Crippen molar-refractivity contribution in [3.63, 3.8) is 0 Å². The molecule has 0 aliphatic carbocycles. The van der Waals surface area contributed by atoms with E-state index >= 15 is 0 Å². The van der Waals surface area contributed by atoms with Crippen molar-refractivity contribution in [1.29, 1.82) is 0 Å². The zero-order valence-corrected chi connectivity index (χ0v) is 17.7. The van der Waals surface area contributed by atoms with E-state index in [4.69, 9.17) is 32.7 Å². The minimum atomic E-state index is -0.544. The molecule has 0 saturated carbocycles. The van der Waals surface area contributed by atoms with Gasteiger partial charge in [-0.2, -0.15) is 0 Å². The molecule has 0 unspecified atom stereocenters. The van der Waals surface area contributed by atoms with Crippen molar-refractivity contribution < 1.29 is 19.1 Å². The van der Waals surface area contributed by atoms with Gasteiger partial charge in [0.2, 0.25) is 0 Å². The minimum Gasteiger partial charge on any atom is -0.482 e. The highest BCUT2D eigenvalue weighted by Crippen LogP contribution is 2.26. The zero-order chi connectivity index (χ0) is 21.5. The number of carbonyl (C=O) groups excluding carboxylic acids is 2. The van der Waals surface area contributed by atoms with Crippen LogP contribution in [-0.4, -0.2) is 18.5 Å². The number of esters is 1. The van der Waals surface area contributed by atoms with Crippen molar-refractivity contribution in [3.8, 4) is 11.5 Å². The zero-order valence-electron chi connectivity index (χ0n) is 16.2. The Balaban J connectivity index is 1.53. The molecule has 0 aromatic heterocycles. The Morgan fingerprint density at radius 1 is 0.900 bits per heavy atom. The van der Waals surface area contributed by atoms with Crippen LogP contribution < -0.4 is 14.8 Å². The molecule has 3 aromatic carbocycles. The number of benzene rings is 3. The van der Waals surface area contributed by atoms with E-state index in [2.05, 4.69) is 12.2 Å². The van der Waals surface area contributed by atoms with Crippen molar-refractivity contribution in [2.24, 2.45) is 0 Å². The van der Waals surface area contributed by atoms with E-state index in [0.29, 0.717) is 32.8 Å². The van der Waals surface area contributed by atoms with Gasteiger partial charge in [-0.25, -0.2) is 4.79 Å². The molecule has 7 heteroatoms. The fraction of sp³-hybridized carbons (Fsp3) is 0.130. The second-order valence-corrected chi connectivity index (χ2v) is 7.21. The summed E-state index contributed by atoms with van der Waals surface area (Å²) in [5, 5.41) is 3.53. The fourth-order valence-corrected chi connectivity index (χ4v) is 2.92. The van der Waals surface area contributed by atoms with Gasteiger partial charge in [0.15, 0.2) is 6.61 Å². The van der Waals surface area contributed by atoms with E-state index in [1.807, 2.05) is 24.3 Å². The third-order valence-corrected chi connectivity index (χ3v) is 4.78. The van der Waals surface area contributed by atoms with Crippen LogP contribution in [0.3, 0.4) is 0 Å². The van der Waals surface area contributed by atoms with Gasteiger partial charge in [-0.05, 0) is 66.6 Å². The van der Waals surface area contributed by atoms with Gasteiger partial charge < -0.3 is 14.8 Å². The van der Waals surface area contributed by atoms with Crippen LogP contribution >= 0.6 is 23.2 Å². The summed E-state index contributed by atoms with van der Waals surface area (Å²) in [6.07, 6.45) is 0.933. The van der Waals surface area contributed by atoms with Gasteiger partial charge in [-0.15, -0.1) is 0 Å². The van der Waals surface area contributed by atoms with Crippen LogP contribution in [0, 0.1) is 0 Å². The van der Waals surface area contributed by atoms with Gasteiger partial charge in [0.1, 0.15) is 11.5 Å². The predicted molar refractivity (Wildman–Crippen MR) is 118 cm³/mol. The summed E-state index contributed by atoms with van der Waals surface area (Å²) in [7, 11) is 0. The van der Waals surface area contributed by atoms with Gasteiger partial charge in [-0.1, -0.05) is 42.3 Å². The predicted octanol–water partition coefficient (Wildman–Crippen LogP) is 5.79. The number of carbonyl (C=O) groups is 2. The number of aryl methyl sites for hydroxylation is 1. The molecule has 0 bridgehead atoms. The highest BCUT2D eigenvalue weighted by Gasteiger charge is 2.11. The van der Waals surface area contributed by atoms with Gasteiger partial charge in [0.25, 0.3) is 5.91 Å². The molecular weight excluding hydrogens is 425 g/mol. The Labute approximate surface area is 184 Å². The first kappa shape index (κ1) is 21.7. The monoisotopic (exact) mass is 443 g/mol. The molecular formula is C23H19Cl2NO4. The molecule has 0 fully saturated rings. The molecule has 0 aliphatic heterocycles. The van der Waals surface area contributed by atoms with Crippen molar-refractivity contribution >= 4 is 40.8 Å². The lowest BCUT2D eigenvalue weighted by Gasteiger charge is -2.09. The number of anilines is 1. The standard InChI is InChI=1S/C23H19Cl2NO4/c1-2-15-3-8-18(9-4-15)29-14-22(27)30-19-10-5-16(6-11-19)23(28)26-21-13-17(24)7-12-20(21)25/h3-13H,2,14H2,1H3,(H,26,28). The third kappa shape index (κ3) is 5.99. The summed E-state index contributed by atoms with van der Waals surface area (Å²) in [5.74, 6) is -0.00787. The van der Waals surface area contributed by atoms with E-state index in [-0.39, 0.29) is 12.5 Å². The Morgan fingerprint density at radius 2 is 1.57 bits per heavy atom. The number of amides is 1. The van der Waals surface area contributed by atoms with E-state index < -0.39 is 5.97 Å². The van der Waals surface area contributed by atoms with Crippen LogP contribution in [-0.2, 0) is 11.2 Å². The van der Waals surface area contributed by atoms with Crippen LogP contribution in [0.15, 0.2) is 66.7 Å². The summed E-state index contributed by atoms with van der Waals surface area (Å²) in [6.45, 7) is 1.84. The maximum atomic E-state index is 12.4. The molecule has 30 heavy (non-hydrogen) atoms. The molecule has 1 N–H and O–H groups in total. The molecule has 0 atom stereocenters. The Hall–Kier alpha value is -3.02. The van der Waals surface area contributed by atoms with Crippen LogP contribution in [0.2, 0.25) is 10.0 Å². The summed E-state index contributed by atoms with van der Waals surface area (Å²) in [4.78, 5) is 24.4. The largest absolute Gasteiger partial charge is 0.482 e. The van der Waals surface area contributed by atoms with E-state index in [1.165, 1.54) is 17.7 Å². The van der Waals surface area contributed by atoms with Gasteiger partial charge in [0, 0.05) is 10.6 Å². The first-order valence-corrected chi connectivity index (χ1v) is 9.99. The van der Waals surface area contributed by atoms with Crippen molar-refractivity contribution in [3.05, 3.63) is 87.9 Å². The minimum absolute atomic E-state index is 0.221. The quantitative estimate of drug-likeness (QED) is 0.370. The third-order valence-electron chi connectivity index (χ3n) is 4.21. The second kappa shape index (κ2) is 10.1. The number of hydrogen-bond acceptors (Lipinski definition) is 4. The van der Waals surface area contributed by atoms with Gasteiger partial charge in [0.05, 0.1) is 10.7 Å². The second-order valence-electron chi connectivity index (χ2n) is 6.36. The molecule has 154 valence electrons. The van der Waals surface area contributed by atoms with Crippen molar-refractivity contribution in [2.75, 3.05) is 11.9 Å². The Morgan fingerprint density at radius 3 is 2.23 bits per heavy atom. The Bertz CT molecular complexity index is 1030. The van der Waals surface area contributed by atoms with Crippen molar-refractivity contribution in [1.82, 2.24) is 0 Å². The number of ether oxygens (including phenoxy) is 2. The van der Waals surface area contributed by atoms with Gasteiger partial charge >= 0.3 is 5.97 Å². The number of halogens is 2. The first-order chi connectivity index (χ1) is 14.4. The fourth-order valence-electron chi connectivity index (χ4n) is 2.59. The van der Waals surface area contributed by atoms with E-state index in [0.717, 1.165) is 6.42 Å². The summed E-state index contributed by atoms with van der Waals surface area (Å²) in [6, 6.07) is 18.5. The molecule has 0 aliphatic rings. The SMILES string of the molecule is CCc1ccc(OCC(=O)Oc2ccc(C(=O)Nc3cc(Cl)ccc3Cl)cc2)cc1.